The van der Waals surface area contributed by atoms with E-state index in [1.165, 1.54) is 18.3 Å². The van der Waals surface area contributed by atoms with Gasteiger partial charge in [0.05, 0.1) is 23.0 Å². The number of hydrogen-bond donors (Lipinski definition) is 3. The second kappa shape index (κ2) is 12.4. The highest BCUT2D eigenvalue weighted by molar-refractivity contribution is 6.40. The molecule has 9 nitrogen and oxygen atoms in total. The molecule has 0 aliphatic rings. The molecule has 0 heterocycles. The van der Waals surface area contributed by atoms with Gasteiger partial charge in [-0.2, -0.15) is 5.10 Å². The highest BCUT2D eigenvalue weighted by Gasteiger charge is 2.17. The third kappa shape index (κ3) is 6.98. The SMILES string of the molecule is O=C(N/N=C\c1ccc(OC(=O)c2ccccc2)cc1)C(=O)Nc1ccccc1C(=O)Nc1ccccc1. The number of carbonyl (C=O) groups excluding carboxylic acids is 4. The van der Waals surface area contributed by atoms with Crippen molar-refractivity contribution in [2.45, 2.75) is 0 Å². The van der Waals surface area contributed by atoms with Crippen LogP contribution in [0, 0.1) is 0 Å². The summed E-state index contributed by atoms with van der Waals surface area (Å²) in [5.41, 5.74) is 4.11. The summed E-state index contributed by atoms with van der Waals surface area (Å²) in [7, 11) is 0. The summed E-state index contributed by atoms with van der Waals surface area (Å²) in [4.78, 5) is 49.4. The zero-order valence-electron chi connectivity index (χ0n) is 20.0. The van der Waals surface area contributed by atoms with Crippen molar-refractivity contribution in [3.05, 3.63) is 126 Å². The molecule has 0 atom stereocenters. The first-order valence-corrected chi connectivity index (χ1v) is 11.5. The van der Waals surface area contributed by atoms with E-state index in [9.17, 15) is 19.2 Å². The molecule has 188 valence electrons. The summed E-state index contributed by atoms with van der Waals surface area (Å²) in [6.45, 7) is 0. The Bertz CT molecular complexity index is 1470. The molecule has 4 rings (SSSR count). The van der Waals surface area contributed by atoms with Gasteiger partial charge >= 0.3 is 17.8 Å². The smallest absolute Gasteiger partial charge is 0.343 e. The molecule has 3 N–H and O–H groups in total. The number of nitrogens with one attached hydrogen (secondary N) is 3. The zero-order valence-corrected chi connectivity index (χ0v) is 20.0. The van der Waals surface area contributed by atoms with Gasteiger partial charge in [-0.1, -0.05) is 48.5 Å². The van der Waals surface area contributed by atoms with E-state index in [0.29, 0.717) is 22.6 Å². The van der Waals surface area contributed by atoms with E-state index in [-0.39, 0.29) is 11.3 Å². The molecule has 0 bridgehead atoms. The van der Waals surface area contributed by atoms with E-state index >= 15 is 0 Å². The second-order valence-corrected chi connectivity index (χ2v) is 7.84. The third-order valence-electron chi connectivity index (χ3n) is 5.14. The van der Waals surface area contributed by atoms with E-state index in [0.717, 1.165) is 0 Å². The van der Waals surface area contributed by atoms with Crippen molar-refractivity contribution in [3.63, 3.8) is 0 Å². The number of carbonyl (C=O) groups is 4. The van der Waals surface area contributed by atoms with Crippen molar-refractivity contribution in [2.24, 2.45) is 5.10 Å². The largest absolute Gasteiger partial charge is 0.423 e. The lowest BCUT2D eigenvalue weighted by atomic mass is 10.1. The number of anilines is 2. The number of hydrogen-bond acceptors (Lipinski definition) is 6. The molecule has 0 aliphatic carbocycles. The Hall–Kier alpha value is -5.57. The van der Waals surface area contributed by atoms with Crippen LogP contribution < -0.4 is 20.8 Å². The van der Waals surface area contributed by atoms with E-state index in [1.54, 1.807) is 91.0 Å². The van der Waals surface area contributed by atoms with Crippen molar-refractivity contribution < 1.29 is 23.9 Å². The molecule has 0 saturated carbocycles. The number of esters is 1. The summed E-state index contributed by atoms with van der Waals surface area (Å²) in [6.07, 6.45) is 1.33. The van der Waals surface area contributed by atoms with Crippen LogP contribution in [0.3, 0.4) is 0 Å². The van der Waals surface area contributed by atoms with Crippen LogP contribution in [0.25, 0.3) is 0 Å². The van der Waals surface area contributed by atoms with Crippen LogP contribution in [-0.2, 0) is 9.59 Å². The normalized spacial score (nSPS) is 10.4. The molecule has 0 aliphatic heterocycles. The number of ether oxygens (including phenoxy) is 1. The fourth-order valence-corrected chi connectivity index (χ4v) is 3.27. The van der Waals surface area contributed by atoms with Gasteiger partial charge in [0.1, 0.15) is 5.75 Å². The van der Waals surface area contributed by atoms with Crippen molar-refractivity contribution in [2.75, 3.05) is 10.6 Å². The molecule has 0 fully saturated rings. The molecule has 38 heavy (non-hydrogen) atoms. The van der Waals surface area contributed by atoms with Gasteiger partial charge in [0.25, 0.3) is 5.91 Å². The lowest BCUT2D eigenvalue weighted by molar-refractivity contribution is -0.136. The molecule has 0 aromatic heterocycles. The maximum Gasteiger partial charge on any atom is 0.343 e. The Morgan fingerprint density at radius 2 is 1.29 bits per heavy atom. The Kier molecular flexibility index (Phi) is 8.33. The minimum absolute atomic E-state index is 0.172. The molecule has 0 radical (unpaired) electrons. The number of amides is 3. The molecule has 4 aromatic carbocycles. The molecule has 0 unspecified atom stereocenters. The van der Waals surface area contributed by atoms with Crippen LogP contribution >= 0.6 is 0 Å². The van der Waals surface area contributed by atoms with Gasteiger partial charge in [0.15, 0.2) is 0 Å². The van der Waals surface area contributed by atoms with Crippen LogP contribution in [0.4, 0.5) is 11.4 Å². The summed E-state index contributed by atoms with van der Waals surface area (Å²) >= 11 is 0. The van der Waals surface area contributed by atoms with Crippen LogP contribution in [-0.4, -0.2) is 29.9 Å². The first kappa shape index (κ1) is 25.5. The fraction of sp³-hybridized carbons (Fsp3) is 0. The van der Waals surface area contributed by atoms with Crippen LogP contribution in [0.5, 0.6) is 5.75 Å². The van der Waals surface area contributed by atoms with E-state index in [1.807, 2.05) is 6.07 Å². The van der Waals surface area contributed by atoms with Gasteiger partial charge in [-0.05, 0) is 66.2 Å². The maximum absolute atomic E-state index is 12.7. The Balaban J connectivity index is 1.30. The van der Waals surface area contributed by atoms with Gasteiger partial charge in [0, 0.05) is 5.69 Å². The molecule has 0 saturated heterocycles. The monoisotopic (exact) mass is 506 g/mol. The highest BCUT2D eigenvalue weighted by atomic mass is 16.5. The lowest BCUT2D eigenvalue weighted by Gasteiger charge is -2.11. The second-order valence-electron chi connectivity index (χ2n) is 7.84. The predicted molar refractivity (Wildman–Crippen MR) is 143 cm³/mol. The standard InChI is InChI=1S/C29H22N4O5/c34-26(31-22-11-5-2-6-12-22)24-13-7-8-14-25(24)32-27(35)28(36)33-30-19-20-15-17-23(18-16-20)38-29(37)21-9-3-1-4-10-21/h1-19H,(H,31,34)(H,32,35)(H,33,36)/b30-19-. The Morgan fingerprint density at radius 1 is 0.658 bits per heavy atom. The highest BCUT2D eigenvalue weighted by Crippen LogP contribution is 2.17. The zero-order chi connectivity index (χ0) is 26.7. The van der Waals surface area contributed by atoms with Crippen LogP contribution in [0.2, 0.25) is 0 Å². The first-order chi connectivity index (χ1) is 18.5. The van der Waals surface area contributed by atoms with Crippen LogP contribution in [0.15, 0.2) is 114 Å². The quantitative estimate of drug-likeness (QED) is 0.114. The van der Waals surface area contributed by atoms with E-state index in [2.05, 4.69) is 21.2 Å². The van der Waals surface area contributed by atoms with Crippen molar-refractivity contribution in [3.8, 4) is 5.75 Å². The number of benzene rings is 4. The first-order valence-electron chi connectivity index (χ1n) is 11.5. The number of hydrazone groups is 1. The summed E-state index contributed by atoms with van der Waals surface area (Å²) in [5.74, 6) is -2.60. The molecular weight excluding hydrogens is 484 g/mol. The third-order valence-corrected chi connectivity index (χ3v) is 5.14. The minimum Gasteiger partial charge on any atom is -0.423 e. The number of rotatable bonds is 7. The molecule has 3 amide bonds. The van der Waals surface area contributed by atoms with Crippen molar-refractivity contribution >= 4 is 41.3 Å². The number of para-hydroxylation sites is 2. The fourth-order valence-electron chi connectivity index (χ4n) is 3.27. The molecule has 4 aromatic rings. The van der Waals surface area contributed by atoms with Gasteiger partial charge in [-0.25, -0.2) is 10.2 Å². The molecule has 9 heteroatoms. The van der Waals surface area contributed by atoms with Crippen molar-refractivity contribution in [1.82, 2.24) is 5.43 Å². The van der Waals surface area contributed by atoms with Gasteiger partial charge in [-0.3, -0.25) is 14.4 Å². The summed E-state index contributed by atoms with van der Waals surface area (Å²) in [5, 5.41) is 8.95. The van der Waals surface area contributed by atoms with Crippen molar-refractivity contribution in [1.29, 1.82) is 0 Å². The lowest BCUT2D eigenvalue weighted by Crippen LogP contribution is -2.33. The molecule has 0 spiro atoms. The molecular formula is C29H22N4O5. The average molecular weight is 507 g/mol. The maximum atomic E-state index is 12.7. The summed E-state index contributed by atoms with van der Waals surface area (Å²) in [6, 6.07) is 30.2. The van der Waals surface area contributed by atoms with Crippen LogP contribution in [0.1, 0.15) is 26.3 Å². The van der Waals surface area contributed by atoms with Gasteiger partial charge in [0.2, 0.25) is 0 Å². The Morgan fingerprint density at radius 3 is 2.00 bits per heavy atom. The van der Waals surface area contributed by atoms with Gasteiger partial charge < -0.3 is 15.4 Å². The summed E-state index contributed by atoms with van der Waals surface area (Å²) < 4.78 is 5.31. The van der Waals surface area contributed by atoms with E-state index in [4.69, 9.17) is 4.74 Å². The minimum atomic E-state index is -1.02. The predicted octanol–water partition coefficient (Wildman–Crippen LogP) is 4.25. The number of nitrogens with zero attached hydrogens (tertiary/aromatic N) is 1. The Labute approximate surface area is 218 Å². The van der Waals surface area contributed by atoms with E-state index < -0.39 is 23.7 Å². The topological polar surface area (TPSA) is 126 Å². The average Bonchev–Trinajstić information content (AvgIpc) is 2.95. The van der Waals surface area contributed by atoms with Gasteiger partial charge in [-0.15, -0.1) is 0 Å².